The summed E-state index contributed by atoms with van der Waals surface area (Å²) >= 11 is 2.28. The van der Waals surface area contributed by atoms with Crippen LogP contribution in [-0.4, -0.2) is 0 Å². The third-order valence-corrected chi connectivity index (χ3v) is 2.91. The van der Waals surface area contributed by atoms with Crippen molar-refractivity contribution in [2.75, 3.05) is 0 Å². The molecular weight excluding hydrogens is 297 g/mol. The van der Waals surface area contributed by atoms with Crippen LogP contribution < -0.4 is 0 Å². The largest absolute Gasteiger partial charge is 0.192 e. The smallest absolute Gasteiger partial charge is 0.0991 e. The molecule has 0 saturated carbocycles. The molecule has 0 aliphatic carbocycles. The van der Waals surface area contributed by atoms with Crippen LogP contribution in [0.5, 0.6) is 0 Å². The summed E-state index contributed by atoms with van der Waals surface area (Å²) in [6.45, 7) is 0. The van der Waals surface area contributed by atoms with E-state index >= 15 is 0 Å². The first-order valence-electron chi connectivity index (χ1n) is 4.56. The zero-order chi connectivity index (χ0) is 10.7. The molecule has 2 heteroatoms. The highest BCUT2D eigenvalue weighted by molar-refractivity contribution is 14.1. The van der Waals surface area contributed by atoms with Gasteiger partial charge in [-0.15, -0.1) is 0 Å². The Bertz CT molecular complexity index is 492. The first kappa shape index (κ1) is 10.2. The van der Waals surface area contributed by atoms with E-state index in [1.54, 1.807) is 0 Å². The topological polar surface area (TPSA) is 23.8 Å². The van der Waals surface area contributed by atoms with Crippen molar-refractivity contribution in [3.05, 3.63) is 57.7 Å². The van der Waals surface area contributed by atoms with Crippen LogP contribution in [0.4, 0.5) is 0 Å². The van der Waals surface area contributed by atoms with Gasteiger partial charge >= 0.3 is 0 Å². The molecule has 0 heterocycles. The Labute approximate surface area is 103 Å². The lowest BCUT2D eigenvalue weighted by Crippen LogP contribution is -1.79. The number of halogens is 1. The van der Waals surface area contributed by atoms with E-state index in [4.69, 9.17) is 5.26 Å². The van der Waals surface area contributed by atoms with E-state index in [0.717, 1.165) is 5.56 Å². The van der Waals surface area contributed by atoms with Crippen molar-refractivity contribution in [1.29, 1.82) is 5.26 Å². The molecule has 0 aromatic heterocycles. The standard InChI is InChI=1S/C13H8IN/c14-13-7-5-12(6-8-13)11-3-1-10(9-15)2-4-11/h1-8H. The van der Waals surface area contributed by atoms with Gasteiger partial charge in [0.25, 0.3) is 0 Å². The van der Waals surface area contributed by atoms with E-state index in [-0.39, 0.29) is 0 Å². The van der Waals surface area contributed by atoms with Crippen LogP contribution in [0.15, 0.2) is 48.5 Å². The zero-order valence-corrected chi connectivity index (χ0v) is 10.1. The van der Waals surface area contributed by atoms with Gasteiger partial charge in [0.2, 0.25) is 0 Å². The summed E-state index contributed by atoms with van der Waals surface area (Å²) in [6, 6.07) is 18.1. The molecule has 1 nitrogen and oxygen atoms in total. The van der Waals surface area contributed by atoms with Crippen LogP contribution in [0.2, 0.25) is 0 Å². The average Bonchev–Trinajstić information content (AvgIpc) is 2.30. The summed E-state index contributed by atoms with van der Waals surface area (Å²) < 4.78 is 1.23. The number of rotatable bonds is 1. The maximum absolute atomic E-state index is 8.68. The van der Waals surface area contributed by atoms with Crippen molar-refractivity contribution in [1.82, 2.24) is 0 Å². The lowest BCUT2D eigenvalue weighted by molar-refractivity contribution is 1.48. The number of nitrogens with zero attached hydrogens (tertiary/aromatic N) is 1. The molecule has 72 valence electrons. The summed E-state index contributed by atoms with van der Waals surface area (Å²) in [4.78, 5) is 0. The predicted molar refractivity (Wildman–Crippen MR) is 69.3 cm³/mol. The van der Waals surface area contributed by atoms with Crippen molar-refractivity contribution in [3.8, 4) is 17.2 Å². The molecule has 2 aromatic carbocycles. The van der Waals surface area contributed by atoms with E-state index in [2.05, 4.69) is 52.9 Å². The molecule has 0 saturated heterocycles. The molecule has 2 aromatic rings. The minimum absolute atomic E-state index is 0.698. The molecule has 0 bridgehead atoms. The molecule has 0 N–H and O–H groups in total. The van der Waals surface area contributed by atoms with Gasteiger partial charge in [0.1, 0.15) is 0 Å². The molecule has 2 rings (SSSR count). The average molecular weight is 305 g/mol. The highest BCUT2D eigenvalue weighted by Crippen LogP contribution is 2.20. The molecule has 0 aliphatic heterocycles. The van der Waals surface area contributed by atoms with Gasteiger partial charge in [-0.3, -0.25) is 0 Å². The maximum atomic E-state index is 8.68. The SMILES string of the molecule is N#Cc1ccc(-c2ccc(I)cc2)cc1. The van der Waals surface area contributed by atoms with Crippen LogP contribution in [-0.2, 0) is 0 Å². The van der Waals surface area contributed by atoms with Gasteiger partial charge in [-0.05, 0) is 58.0 Å². The van der Waals surface area contributed by atoms with E-state index < -0.39 is 0 Å². The normalized spacial score (nSPS) is 9.60. The summed E-state index contributed by atoms with van der Waals surface area (Å²) in [6.07, 6.45) is 0. The highest BCUT2D eigenvalue weighted by atomic mass is 127. The first-order valence-corrected chi connectivity index (χ1v) is 5.63. The summed E-state index contributed by atoms with van der Waals surface area (Å²) in [5, 5.41) is 8.68. The van der Waals surface area contributed by atoms with E-state index in [1.807, 2.05) is 24.3 Å². The number of hydrogen-bond acceptors (Lipinski definition) is 1. The lowest BCUT2D eigenvalue weighted by Gasteiger charge is -2.01. The molecule has 0 amide bonds. The Balaban J connectivity index is 2.38. The second-order valence-electron chi connectivity index (χ2n) is 3.20. The number of benzene rings is 2. The first-order chi connectivity index (χ1) is 7.29. The fraction of sp³-hybridized carbons (Fsp3) is 0. The number of nitriles is 1. The van der Waals surface area contributed by atoms with Crippen molar-refractivity contribution in [2.45, 2.75) is 0 Å². The summed E-state index contributed by atoms with van der Waals surface area (Å²) in [5.41, 5.74) is 3.02. The van der Waals surface area contributed by atoms with Crippen molar-refractivity contribution in [2.24, 2.45) is 0 Å². The van der Waals surface area contributed by atoms with Gasteiger partial charge in [-0.2, -0.15) is 5.26 Å². The quantitative estimate of drug-likeness (QED) is 0.735. The molecule has 0 atom stereocenters. The minimum Gasteiger partial charge on any atom is -0.192 e. The van der Waals surface area contributed by atoms with Gasteiger partial charge in [0, 0.05) is 3.57 Å². The second kappa shape index (κ2) is 4.45. The molecule has 0 aliphatic rings. The second-order valence-corrected chi connectivity index (χ2v) is 4.44. The number of hydrogen-bond donors (Lipinski definition) is 0. The van der Waals surface area contributed by atoms with Crippen LogP contribution in [0.25, 0.3) is 11.1 Å². The van der Waals surface area contributed by atoms with Gasteiger partial charge in [0.05, 0.1) is 11.6 Å². The molecule has 0 unspecified atom stereocenters. The van der Waals surface area contributed by atoms with Crippen LogP contribution in [0.3, 0.4) is 0 Å². The fourth-order valence-electron chi connectivity index (χ4n) is 1.38. The third-order valence-electron chi connectivity index (χ3n) is 2.19. The van der Waals surface area contributed by atoms with E-state index in [1.165, 1.54) is 9.13 Å². The van der Waals surface area contributed by atoms with Crippen LogP contribution in [0, 0.1) is 14.9 Å². The van der Waals surface area contributed by atoms with E-state index in [0.29, 0.717) is 5.56 Å². The molecular formula is C13H8IN. The monoisotopic (exact) mass is 305 g/mol. The lowest BCUT2D eigenvalue weighted by atomic mass is 10.0. The van der Waals surface area contributed by atoms with E-state index in [9.17, 15) is 0 Å². The molecule has 0 fully saturated rings. The third kappa shape index (κ3) is 2.37. The van der Waals surface area contributed by atoms with Crippen molar-refractivity contribution in [3.63, 3.8) is 0 Å². The Kier molecular flexibility index (Phi) is 3.02. The summed E-state index contributed by atoms with van der Waals surface area (Å²) in [7, 11) is 0. The molecule has 15 heavy (non-hydrogen) atoms. The van der Waals surface area contributed by atoms with Gasteiger partial charge in [0.15, 0.2) is 0 Å². The zero-order valence-electron chi connectivity index (χ0n) is 7.94. The van der Waals surface area contributed by atoms with Crippen LogP contribution in [0.1, 0.15) is 5.56 Å². The van der Waals surface area contributed by atoms with Crippen molar-refractivity contribution < 1.29 is 0 Å². The summed E-state index contributed by atoms with van der Waals surface area (Å²) in [5.74, 6) is 0. The highest BCUT2D eigenvalue weighted by Gasteiger charge is 1.97. The van der Waals surface area contributed by atoms with Gasteiger partial charge in [-0.25, -0.2) is 0 Å². The Morgan fingerprint density at radius 2 is 1.27 bits per heavy atom. The minimum atomic E-state index is 0.698. The Morgan fingerprint density at radius 3 is 1.73 bits per heavy atom. The Morgan fingerprint density at radius 1 is 0.800 bits per heavy atom. The Hall–Kier alpha value is -1.34. The molecule has 0 radical (unpaired) electrons. The fourth-order valence-corrected chi connectivity index (χ4v) is 1.74. The molecule has 0 spiro atoms. The van der Waals surface area contributed by atoms with Crippen LogP contribution >= 0.6 is 22.6 Å². The van der Waals surface area contributed by atoms with Gasteiger partial charge in [-0.1, -0.05) is 24.3 Å². The van der Waals surface area contributed by atoms with Crippen molar-refractivity contribution >= 4 is 22.6 Å². The maximum Gasteiger partial charge on any atom is 0.0991 e. The van der Waals surface area contributed by atoms with Gasteiger partial charge < -0.3 is 0 Å². The predicted octanol–water partition coefficient (Wildman–Crippen LogP) is 3.83.